The van der Waals surface area contributed by atoms with E-state index in [1.165, 1.54) is 38.5 Å². The monoisotopic (exact) mass is 239 g/mol. The standard InChI is InChI=1S/C15H29NO/c1-12(13-7-10-17-11-13)16-14-5-4-8-15(2,3)9-6-14/h12-14,16H,4-11H2,1-3H3. The van der Waals surface area contributed by atoms with Gasteiger partial charge < -0.3 is 10.1 Å². The number of ether oxygens (including phenoxy) is 1. The van der Waals surface area contributed by atoms with E-state index < -0.39 is 0 Å². The highest BCUT2D eigenvalue weighted by Crippen LogP contribution is 2.34. The molecule has 1 aliphatic heterocycles. The largest absolute Gasteiger partial charge is 0.381 e. The van der Waals surface area contributed by atoms with Crippen molar-refractivity contribution in [1.29, 1.82) is 0 Å². The first-order valence-corrected chi connectivity index (χ1v) is 7.41. The van der Waals surface area contributed by atoms with E-state index >= 15 is 0 Å². The van der Waals surface area contributed by atoms with E-state index in [0.29, 0.717) is 11.5 Å². The van der Waals surface area contributed by atoms with Gasteiger partial charge in [0.2, 0.25) is 0 Å². The van der Waals surface area contributed by atoms with Gasteiger partial charge in [-0.05, 0) is 50.4 Å². The molecule has 3 atom stereocenters. The van der Waals surface area contributed by atoms with Gasteiger partial charge in [0.1, 0.15) is 0 Å². The second-order valence-corrected chi connectivity index (χ2v) is 6.87. The lowest BCUT2D eigenvalue weighted by Crippen LogP contribution is -2.41. The van der Waals surface area contributed by atoms with Crippen LogP contribution in [0.15, 0.2) is 0 Å². The fourth-order valence-corrected chi connectivity index (χ4v) is 3.28. The Bertz CT molecular complexity index is 233. The van der Waals surface area contributed by atoms with Crippen LogP contribution in [-0.4, -0.2) is 25.3 Å². The molecule has 1 heterocycles. The zero-order valence-corrected chi connectivity index (χ0v) is 11.8. The molecule has 2 rings (SSSR count). The Balaban J connectivity index is 1.78. The maximum Gasteiger partial charge on any atom is 0.0509 e. The average Bonchev–Trinajstić information content (AvgIpc) is 2.73. The van der Waals surface area contributed by atoms with Crippen LogP contribution in [0.2, 0.25) is 0 Å². The van der Waals surface area contributed by atoms with Gasteiger partial charge in [-0.2, -0.15) is 0 Å². The molecule has 1 aliphatic carbocycles. The Morgan fingerprint density at radius 1 is 1.18 bits per heavy atom. The minimum Gasteiger partial charge on any atom is -0.381 e. The van der Waals surface area contributed by atoms with Crippen molar-refractivity contribution in [2.75, 3.05) is 13.2 Å². The summed E-state index contributed by atoms with van der Waals surface area (Å²) in [5.41, 5.74) is 0.566. The summed E-state index contributed by atoms with van der Waals surface area (Å²) in [6.07, 6.45) is 8.11. The minimum absolute atomic E-state index is 0.566. The van der Waals surface area contributed by atoms with Gasteiger partial charge in [0.15, 0.2) is 0 Å². The highest BCUT2D eigenvalue weighted by atomic mass is 16.5. The Morgan fingerprint density at radius 3 is 2.71 bits per heavy atom. The summed E-state index contributed by atoms with van der Waals surface area (Å²) < 4.78 is 5.49. The van der Waals surface area contributed by atoms with Crippen molar-refractivity contribution in [3.05, 3.63) is 0 Å². The second-order valence-electron chi connectivity index (χ2n) is 6.87. The molecule has 2 heteroatoms. The van der Waals surface area contributed by atoms with Gasteiger partial charge in [-0.15, -0.1) is 0 Å². The summed E-state index contributed by atoms with van der Waals surface area (Å²) in [6.45, 7) is 9.11. The SMILES string of the molecule is CC(NC1CCCC(C)(C)CC1)C1CCOC1. The molecule has 100 valence electrons. The first-order valence-electron chi connectivity index (χ1n) is 7.41. The molecule has 0 spiro atoms. The maximum absolute atomic E-state index is 5.49. The number of rotatable bonds is 3. The van der Waals surface area contributed by atoms with Gasteiger partial charge >= 0.3 is 0 Å². The molecule has 17 heavy (non-hydrogen) atoms. The molecule has 2 aliphatic rings. The Morgan fingerprint density at radius 2 is 2.00 bits per heavy atom. The molecular weight excluding hydrogens is 210 g/mol. The van der Waals surface area contributed by atoms with Crippen molar-refractivity contribution in [2.24, 2.45) is 11.3 Å². The summed E-state index contributed by atoms with van der Waals surface area (Å²) in [5.74, 6) is 0.742. The van der Waals surface area contributed by atoms with Gasteiger partial charge in [-0.1, -0.05) is 20.3 Å². The van der Waals surface area contributed by atoms with Crippen LogP contribution >= 0.6 is 0 Å². The molecule has 0 amide bonds. The predicted octanol–water partition coefficient (Wildman–Crippen LogP) is 3.36. The maximum atomic E-state index is 5.49. The number of hydrogen-bond donors (Lipinski definition) is 1. The first kappa shape index (κ1) is 13.4. The third-order valence-electron chi connectivity index (χ3n) is 4.75. The summed E-state index contributed by atoms with van der Waals surface area (Å²) in [4.78, 5) is 0. The number of nitrogens with one attached hydrogen (secondary N) is 1. The Hall–Kier alpha value is -0.0800. The van der Waals surface area contributed by atoms with Crippen molar-refractivity contribution in [3.8, 4) is 0 Å². The quantitative estimate of drug-likeness (QED) is 0.763. The topological polar surface area (TPSA) is 21.3 Å². The van der Waals surface area contributed by atoms with E-state index in [1.54, 1.807) is 0 Å². The van der Waals surface area contributed by atoms with Crippen LogP contribution in [-0.2, 0) is 4.74 Å². The van der Waals surface area contributed by atoms with Crippen LogP contribution in [0.3, 0.4) is 0 Å². The molecule has 0 aromatic heterocycles. The Labute approximate surface area is 107 Å². The highest BCUT2D eigenvalue weighted by molar-refractivity contribution is 4.84. The lowest BCUT2D eigenvalue weighted by molar-refractivity contribution is 0.175. The van der Waals surface area contributed by atoms with Crippen LogP contribution in [0.1, 0.15) is 59.3 Å². The lowest BCUT2D eigenvalue weighted by atomic mass is 9.85. The average molecular weight is 239 g/mol. The second kappa shape index (κ2) is 5.71. The normalized spacial score (nSPS) is 35.5. The van der Waals surface area contributed by atoms with Crippen LogP contribution in [0, 0.1) is 11.3 Å². The number of hydrogen-bond acceptors (Lipinski definition) is 2. The van der Waals surface area contributed by atoms with Crippen molar-refractivity contribution in [2.45, 2.75) is 71.4 Å². The van der Waals surface area contributed by atoms with Crippen LogP contribution < -0.4 is 5.32 Å². The van der Waals surface area contributed by atoms with Crippen molar-refractivity contribution in [1.82, 2.24) is 5.32 Å². The van der Waals surface area contributed by atoms with Gasteiger partial charge in [0, 0.05) is 18.7 Å². The van der Waals surface area contributed by atoms with E-state index in [4.69, 9.17) is 4.74 Å². The molecule has 0 aromatic rings. The third-order valence-corrected chi connectivity index (χ3v) is 4.75. The van der Waals surface area contributed by atoms with E-state index in [9.17, 15) is 0 Å². The zero-order valence-electron chi connectivity index (χ0n) is 11.8. The first-order chi connectivity index (χ1) is 8.07. The fourth-order valence-electron chi connectivity index (χ4n) is 3.28. The van der Waals surface area contributed by atoms with Gasteiger partial charge in [0.25, 0.3) is 0 Å². The molecule has 1 saturated carbocycles. The molecule has 0 radical (unpaired) electrons. The molecule has 1 saturated heterocycles. The minimum atomic E-state index is 0.566. The van der Waals surface area contributed by atoms with Crippen LogP contribution in [0.5, 0.6) is 0 Å². The molecular formula is C15H29NO. The summed E-state index contributed by atoms with van der Waals surface area (Å²) in [7, 11) is 0. The smallest absolute Gasteiger partial charge is 0.0509 e. The van der Waals surface area contributed by atoms with Gasteiger partial charge in [-0.3, -0.25) is 0 Å². The zero-order chi connectivity index (χ0) is 12.3. The molecule has 1 N–H and O–H groups in total. The fraction of sp³-hybridized carbons (Fsp3) is 1.00. The summed E-state index contributed by atoms with van der Waals surface area (Å²) in [5, 5.41) is 3.86. The van der Waals surface area contributed by atoms with Crippen molar-refractivity contribution >= 4 is 0 Å². The Kier molecular flexibility index (Phi) is 4.48. The van der Waals surface area contributed by atoms with E-state index in [0.717, 1.165) is 25.2 Å². The molecule has 0 bridgehead atoms. The van der Waals surface area contributed by atoms with E-state index in [-0.39, 0.29) is 0 Å². The third kappa shape index (κ3) is 3.96. The summed E-state index contributed by atoms with van der Waals surface area (Å²) >= 11 is 0. The van der Waals surface area contributed by atoms with Gasteiger partial charge in [0.05, 0.1) is 6.61 Å². The van der Waals surface area contributed by atoms with Crippen molar-refractivity contribution < 1.29 is 4.74 Å². The highest BCUT2D eigenvalue weighted by Gasteiger charge is 2.27. The summed E-state index contributed by atoms with van der Waals surface area (Å²) in [6, 6.07) is 1.37. The molecule has 3 unspecified atom stereocenters. The molecule has 2 nitrogen and oxygen atoms in total. The van der Waals surface area contributed by atoms with E-state index in [1.807, 2.05) is 0 Å². The van der Waals surface area contributed by atoms with Crippen molar-refractivity contribution in [3.63, 3.8) is 0 Å². The lowest BCUT2D eigenvalue weighted by Gasteiger charge is -2.26. The molecule has 0 aromatic carbocycles. The predicted molar refractivity (Wildman–Crippen MR) is 72.2 cm³/mol. The van der Waals surface area contributed by atoms with Crippen LogP contribution in [0.25, 0.3) is 0 Å². The molecule has 2 fully saturated rings. The van der Waals surface area contributed by atoms with Crippen LogP contribution in [0.4, 0.5) is 0 Å². The van der Waals surface area contributed by atoms with E-state index in [2.05, 4.69) is 26.1 Å². The van der Waals surface area contributed by atoms with Gasteiger partial charge in [-0.25, -0.2) is 0 Å².